The summed E-state index contributed by atoms with van der Waals surface area (Å²) in [6.45, 7) is 0. The van der Waals surface area contributed by atoms with Crippen LogP contribution in [0.15, 0.2) is 10.2 Å². The molecule has 0 aromatic heterocycles. The van der Waals surface area contributed by atoms with Crippen molar-refractivity contribution in [3.8, 4) is 0 Å². The Morgan fingerprint density at radius 2 is 1.05 bits per heavy atom. The van der Waals surface area contributed by atoms with Gasteiger partial charge in [-0.1, -0.05) is 10.2 Å². The zero-order chi connectivity index (χ0) is 13.5. The minimum atomic E-state index is -0.128. The smallest absolute Gasteiger partial charge is 0.0553 e. The van der Waals surface area contributed by atoms with Gasteiger partial charge in [0.25, 0.3) is 0 Å². The second kappa shape index (κ2) is 3.26. The van der Waals surface area contributed by atoms with Gasteiger partial charge in [-0.3, -0.25) is 0 Å². The summed E-state index contributed by atoms with van der Waals surface area (Å²) < 4.78 is 0. The molecule has 0 N–H and O–H groups in total. The van der Waals surface area contributed by atoms with Gasteiger partial charge in [-0.2, -0.15) is 0 Å². The van der Waals surface area contributed by atoms with Crippen LogP contribution in [0.3, 0.4) is 0 Å². The van der Waals surface area contributed by atoms with Gasteiger partial charge in [0, 0.05) is 9.82 Å². The highest BCUT2D eigenvalue weighted by atomic mass is 15.2. The van der Waals surface area contributed by atoms with Crippen molar-refractivity contribution in [2.75, 3.05) is 0 Å². The van der Waals surface area contributed by atoms with Crippen molar-refractivity contribution in [1.29, 1.82) is 0 Å². The molecule has 0 spiro atoms. The molecule has 0 aromatic rings. The molecule has 7 aliphatic rings. The Balaban J connectivity index is 1.75. The van der Waals surface area contributed by atoms with Crippen LogP contribution >= 0.6 is 0 Å². The van der Waals surface area contributed by atoms with E-state index in [1.807, 2.05) is 0 Å². The lowest BCUT2D eigenvalue weighted by Gasteiger charge is -2.76. The summed E-state index contributed by atoms with van der Waals surface area (Å²) in [5.41, 5.74) is 17.9. The first-order valence-electron chi connectivity index (χ1n) is 7.86. The van der Waals surface area contributed by atoms with E-state index in [0.717, 1.165) is 12.8 Å². The van der Waals surface area contributed by atoms with Crippen LogP contribution in [0, 0.1) is 35.5 Å². The molecule has 0 heterocycles. The van der Waals surface area contributed by atoms with Crippen LogP contribution in [0.5, 0.6) is 0 Å². The lowest BCUT2D eigenvalue weighted by atomic mass is 9.31. The van der Waals surface area contributed by atoms with E-state index in [9.17, 15) is 0 Å². The van der Waals surface area contributed by atoms with E-state index >= 15 is 0 Å². The molecule has 6 nitrogen and oxygen atoms in total. The minimum absolute atomic E-state index is 0.128. The lowest BCUT2D eigenvalue weighted by Crippen LogP contribution is -2.76. The SMILES string of the molecule is [N-]=[N+]=NC12CC3CC4C1CC1CC2C(C3)C4(N=[N+]=[N-])C1. The van der Waals surface area contributed by atoms with E-state index in [1.54, 1.807) is 0 Å². The Labute approximate surface area is 117 Å². The summed E-state index contributed by atoms with van der Waals surface area (Å²) in [6, 6.07) is 0. The maximum absolute atomic E-state index is 9.10. The largest absolute Gasteiger partial charge is 0.0867 e. The number of azide groups is 2. The quantitative estimate of drug-likeness (QED) is 0.408. The summed E-state index contributed by atoms with van der Waals surface area (Å²) in [4.78, 5) is 6.48. The first-order valence-corrected chi connectivity index (χ1v) is 7.86. The fourth-order valence-corrected chi connectivity index (χ4v) is 7.45. The van der Waals surface area contributed by atoms with E-state index in [2.05, 4.69) is 20.1 Å². The number of hydrogen-bond donors (Lipinski definition) is 0. The maximum Gasteiger partial charge on any atom is 0.0553 e. The summed E-state index contributed by atoms with van der Waals surface area (Å²) in [7, 11) is 0. The normalized spacial score (nSPS) is 60.2. The van der Waals surface area contributed by atoms with Crippen molar-refractivity contribution in [2.45, 2.75) is 49.6 Å². The molecule has 20 heavy (non-hydrogen) atoms. The molecule has 8 bridgehead atoms. The number of hydrogen-bond acceptors (Lipinski definition) is 2. The standard InChI is InChI=1S/C14H18N6/c15-19-17-13-6-8-3-10-9(13)1-7-2-11(13)12(4-8)14(10,5-7)18-20-16/h7-12H,1-6H2. The van der Waals surface area contributed by atoms with Gasteiger partial charge in [0.1, 0.15) is 0 Å². The van der Waals surface area contributed by atoms with E-state index in [1.165, 1.54) is 25.7 Å². The summed E-state index contributed by atoms with van der Waals surface area (Å²) in [5.74, 6) is 3.31. The zero-order valence-corrected chi connectivity index (χ0v) is 11.4. The van der Waals surface area contributed by atoms with Crippen LogP contribution < -0.4 is 0 Å². The first-order chi connectivity index (χ1) is 9.73. The minimum Gasteiger partial charge on any atom is -0.0867 e. The van der Waals surface area contributed by atoms with Gasteiger partial charge in [-0.15, -0.1) is 0 Å². The highest BCUT2D eigenvalue weighted by molar-refractivity contribution is 5.29. The van der Waals surface area contributed by atoms with E-state index in [-0.39, 0.29) is 11.1 Å². The second-order valence-corrected chi connectivity index (χ2v) is 7.87. The van der Waals surface area contributed by atoms with Gasteiger partial charge in [-0.25, -0.2) is 0 Å². The molecule has 4 unspecified atom stereocenters. The van der Waals surface area contributed by atoms with E-state index < -0.39 is 0 Å². The Morgan fingerprint density at radius 1 is 0.700 bits per heavy atom. The molecule has 7 fully saturated rings. The van der Waals surface area contributed by atoms with Crippen molar-refractivity contribution in [2.24, 2.45) is 45.7 Å². The Hall–Kier alpha value is -1.38. The topological polar surface area (TPSA) is 97.5 Å². The maximum atomic E-state index is 9.10. The van der Waals surface area contributed by atoms with Gasteiger partial charge >= 0.3 is 0 Å². The van der Waals surface area contributed by atoms with Crippen molar-refractivity contribution in [1.82, 2.24) is 0 Å². The third-order valence-corrected chi connectivity index (χ3v) is 7.58. The Morgan fingerprint density at radius 3 is 1.35 bits per heavy atom. The summed E-state index contributed by atoms with van der Waals surface area (Å²) >= 11 is 0. The average Bonchev–Trinajstić information content (AvgIpc) is 2.45. The van der Waals surface area contributed by atoms with Crippen LogP contribution in [0.1, 0.15) is 38.5 Å². The Kier molecular flexibility index (Phi) is 1.84. The second-order valence-electron chi connectivity index (χ2n) is 7.87. The van der Waals surface area contributed by atoms with Crippen LogP contribution in [0.2, 0.25) is 0 Å². The summed E-state index contributed by atoms with van der Waals surface area (Å²) in [5, 5.41) is 8.79. The highest BCUT2D eigenvalue weighted by Gasteiger charge is 2.74. The van der Waals surface area contributed by atoms with Gasteiger partial charge in [-0.05, 0) is 85.1 Å². The van der Waals surface area contributed by atoms with Gasteiger partial charge in [0.15, 0.2) is 0 Å². The van der Waals surface area contributed by atoms with Gasteiger partial charge in [0.2, 0.25) is 0 Å². The van der Waals surface area contributed by atoms with Gasteiger partial charge < -0.3 is 0 Å². The first kappa shape index (κ1) is 11.3. The van der Waals surface area contributed by atoms with Crippen molar-refractivity contribution in [3.05, 3.63) is 20.9 Å². The third-order valence-electron chi connectivity index (χ3n) is 7.58. The molecule has 7 aliphatic carbocycles. The highest BCUT2D eigenvalue weighted by Crippen LogP contribution is 2.75. The molecule has 0 amide bonds. The predicted octanol–water partition coefficient (Wildman–Crippen LogP) is 4.19. The fraction of sp³-hybridized carbons (Fsp3) is 1.00. The molecule has 0 aliphatic heterocycles. The van der Waals surface area contributed by atoms with Crippen LogP contribution in [-0.2, 0) is 0 Å². The molecule has 6 heteroatoms. The molecular formula is C14H18N6. The fourth-order valence-electron chi connectivity index (χ4n) is 7.45. The van der Waals surface area contributed by atoms with Crippen molar-refractivity contribution >= 4 is 0 Å². The average molecular weight is 270 g/mol. The molecule has 0 saturated heterocycles. The summed E-state index contributed by atoms with van der Waals surface area (Å²) in [6.07, 6.45) is 6.98. The number of rotatable bonds is 2. The zero-order valence-electron chi connectivity index (χ0n) is 11.4. The molecule has 104 valence electrons. The lowest BCUT2D eigenvalue weighted by molar-refractivity contribution is -0.224. The Bertz CT molecular complexity index is 510. The third kappa shape index (κ3) is 0.971. The van der Waals surface area contributed by atoms with Crippen LogP contribution in [0.25, 0.3) is 20.9 Å². The van der Waals surface area contributed by atoms with E-state index in [4.69, 9.17) is 11.1 Å². The van der Waals surface area contributed by atoms with E-state index in [0.29, 0.717) is 35.5 Å². The van der Waals surface area contributed by atoms with Crippen molar-refractivity contribution in [3.63, 3.8) is 0 Å². The van der Waals surface area contributed by atoms with Crippen LogP contribution in [0.4, 0.5) is 0 Å². The van der Waals surface area contributed by atoms with Gasteiger partial charge in [0.05, 0.1) is 11.1 Å². The predicted molar refractivity (Wildman–Crippen MR) is 72.4 cm³/mol. The van der Waals surface area contributed by atoms with Crippen molar-refractivity contribution < 1.29 is 0 Å². The molecule has 0 radical (unpaired) electrons. The molecule has 4 atom stereocenters. The molecule has 0 aromatic carbocycles. The molecule has 7 saturated carbocycles. The van der Waals surface area contributed by atoms with Crippen LogP contribution in [-0.4, -0.2) is 11.1 Å². The monoisotopic (exact) mass is 270 g/mol. The molecular weight excluding hydrogens is 252 g/mol. The molecule has 7 rings (SSSR count). The number of nitrogens with zero attached hydrogens (tertiary/aromatic N) is 6.